The molecule has 172 valence electrons. The number of anilines is 2. The summed E-state index contributed by atoms with van der Waals surface area (Å²) in [5.41, 5.74) is 1.87. The minimum absolute atomic E-state index is 0.0564. The molecule has 2 aromatic heterocycles. The number of nitrogens with zero attached hydrogens (tertiary/aromatic N) is 1. The Labute approximate surface area is 194 Å². The minimum atomic E-state index is -0.673. The van der Waals surface area contributed by atoms with Gasteiger partial charge in [-0.05, 0) is 55.8 Å². The summed E-state index contributed by atoms with van der Waals surface area (Å²) in [6, 6.07) is 16.0. The molecule has 8 heteroatoms. The number of pyridine rings is 1. The summed E-state index contributed by atoms with van der Waals surface area (Å²) < 4.78 is 20.8. The fourth-order valence-electron chi connectivity index (χ4n) is 3.55. The van der Waals surface area contributed by atoms with Gasteiger partial charge in [0.2, 0.25) is 0 Å². The summed E-state index contributed by atoms with van der Waals surface area (Å²) >= 11 is 0. The van der Waals surface area contributed by atoms with Crippen molar-refractivity contribution >= 4 is 23.2 Å². The van der Waals surface area contributed by atoms with Gasteiger partial charge in [0.15, 0.2) is 0 Å². The lowest BCUT2D eigenvalue weighted by Crippen LogP contribution is -2.29. The van der Waals surface area contributed by atoms with Gasteiger partial charge in [0.05, 0.1) is 24.1 Å². The van der Waals surface area contributed by atoms with Crippen LogP contribution in [-0.2, 0) is 6.54 Å². The van der Waals surface area contributed by atoms with E-state index in [4.69, 9.17) is 4.42 Å². The van der Waals surface area contributed by atoms with Crippen molar-refractivity contribution < 1.29 is 18.4 Å². The van der Waals surface area contributed by atoms with E-state index in [1.165, 1.54) is 35.1 Å². The lowest BCUT2D eigenvalue weighted by atomic mass is 10.1. The zero-order valence-electron chi connectivity index (χ0n) is 18.6. The molecule has 0 saturated carbocycles. The second-order valence-electron chi connectivity index (χ2n) is 7.84. The van der Waals surface area contributed by atoms with Crippen LogP contribution in [0.1, 0.15) is 37.6 Å². The quantitative estimate of drug-likeness (QED) is 0.435. The number of nitrogens with one attached hydrogen (secondary N) is 2. The number of carbonyl (C=O) groups excluding carboxylic acids is 2. The Morgan fingerprint density at radius 3 is 2.47 bits per heavy atom. The number of halogens is 1. The molecule has 2 heterocycles. The number of benzene rings is 2. The minimum Gasteiger partial charge on any atom is -0.469 e. The predicted octanol–water partition coefficient (Wildman–Crippen LogP) is 4.75. The topological polar surface area (TPSA) is 93.3 Å². The van der Waals surface area contributed by atoms with Gasteiger partial charge in [-0.3, -0.25) is 14.4 Å². The number of hydrogen-bond acceptors (Lipinski definition) is 4. The van der Waals surface area contributed by atoms with E-state index in [-0.39, 0.29) is 22.5 Å². The number of carbonyl (C=O) groups is 2. The van der Waals surface area contributed by atoms with Gasteiger partial charge < -0.3 is 19.6 Å². The highest BCUT2D eigenvalue weighted by Crippen LogP contribution is 2.22. The van der Waals surface area contributed by atoms with E-state index in [0.717, 1.165) is 17.2 Å². The van der Waals surface area contributed by atoms with Crippen LogP contribution in [0.3, 0.4) is 0 Å². The summed E-state index contributed by atoms with van der Waals surface area (Å²) in [5, 5.41) is 5.07. The number of rotatable bonds is 6. The van der Waals surface area contributed by atoms with Crippen LogP contribution in [0.25, 0.3) is 0 Å². The van der Waals surface area contributed by atoms with Crippen molar-refractivity contribution in [1.82, 2.24) is 4.57 Å². The smallest absolute Gasteiger partial charge is 0.263 e. The van der Waals surface area contributed by atoms with Crippen molar-refractivity contribution in [3.8, 4) is 0 Å². The first-order valence-corrected chi connectivity index (χ1v) is 10.5. The van der Waals surface area contributed by atoms with E-state index in [2.05, 4.69) is 10.6 Å². The zero-order chi connectivity index (χ0) is 24.2. The Balaban J connectivity index is 1.53. The summed E-state index contributed by atoms with van der Waals surface area (Å²) in [6.45, 7) is 3.90. The third-order valence-corrected chi connectivity index (χ3v) is 5.28. The monoisotopic (exact) mass is 459 g/mol. The number of furan rings is 1. The van der Waals surface area contributed by atoms with Gasteiger partial charge in [-0.15, -0.1) is 0 Å². The maximum absolute atomic E-state index is 14.3. The lowest BCUT2D eigenvalue weighted by molar-refractivity contribution is 0.101. The highest BCUT2D eigenvalue weighted by atomic mass is 19.1. The van der Waals surface area contributed by atoms with Crippen LogP contribution in [0.5, 0.6) is 0 Å². The molecule has 0 unspecified atom stereocenters. The second-order valence-corrected chi connectivity index (χ2v) is 7.84. The van der Waals surface area contributed by atoms with Gasteiger partial charge in [-0.2, -0.15) is 0 Å². The third-order valence-electron chi connectivity index (χ3n) is 5.28. The first kappa shape index (κ1) is 22.7. The Morgan fingerprint density at radius 2 is 1.74 bits per heavy atom. The van der Waals surface area contributed by atoms with Crippen molar-refractivity contribution in [2.45, 2.75) is 20.4 Å². The van der Waals surface area contributed by atoms with Gasteiger partial charge >= 0.3 is 0 Å². The summed E-state index contributed by atoms with van der Waals surface area (Å²) in [7, 11) is 0. The third kappa shape index (κ3) is 4.96. The van der Waals surface area contributed by atoms with Crippen LogP contribution in [0.4, 0.5) is 15.8 Å². The lowest BCUT2D eigenvalue weighted by Gasteiger charge is -2.11. The number of hydrogen-bond donors (Lipinski definition) is 2. The molecule has 0 saturated heterocycles. The largest absolute Gasteiger partial charge is 0.469 e. The van der Waals surface area contributed by atoms with Crippen molar-refractivity contribution in [3.05, 3.63) is 117 Å². The molecule has 0 radical (unpaired) electrons. The first-order valence-electron chi connectivity index (χ1n) is 10.5. The Morgan fingerprint density at radius 1 is 0.941 bits per heavy atom. The molecule has 0 aliphatic heterocycles. The molecule has 2 N–H and O–H groups in total. The highest BCUT2D eigenvalue weighted by Gasteiger charge is 2.16. The van der Waals surface area contributed by atoms with E-state index < -0.39 is 23.2 Å². The van der Waals surface area contributed by atoms with Crippen molar-refractivity contribution in [2.24, 2.45) is 0 Å². The van der Waals surface area contributed by atoms with Crippen LogP contribution in [0.2, 0.25) is 0 Å². The SMILES string of the molecule is Cc1cccc(Cn2cccc(C(=O)Nc3ccc(F)c(NC(=O)c4ccoc4C)c3)c2=O)c1. The van der Waals surface area contributed by atoms with Gasteiger partial charge in [0.1, 0.15) is 17.1 Å². The molecule has 0 atom stereocenters. The van der Waals surface area contributed by atoms with Crippen LogP contribution in [0, 0.1) is 19.7 Å². The standard InChI is InChI=1S/C26H22FN3O4/c1-16-5-3-6-18(13-16)15-30-11-4-7-21(26(30)33)25(32)28-19-8-9-22(27)23(14-19)29-24(31)20-10-12-34-17(20)2/h3-14H,15H2,1-2H3,(H,28,32)(H,29,31). The molecule has 0 bridgehead atoms. The summed E-state index contributed by atoms with van der Waals surface area (Å²) in [5.74, 6) is -1.46. The predicted molar refractivity (Wildman–Crippen MR) is 127 cm³/mol. The number of amides is 2. The molecule has 2 amide bonds. The average molecular weight is 459 g/mol. The van der Waals surface area contributed by atoms with E-state index in [9.17, 15) is 18.8 Å². The zero-order valence-corrected chi connectivity index (χ0v) is 18.6. The molecule has 2 aromatic carbocycles. The number of aryl methyl sites for hydroxylation is 2. The average Bonchev–Trinajstić information content (AvgIpc) is 3.23. The fourth-order valence-corrected chi connectivity index (χ4v) is 3.55. The molecular formula is C26H22FN3O4. The molecule has 0 spiro atoms. The van der Waals surface area contributed by atoms with Crippen molar-refractivity contribution in [2.75, 3.05) is 10.6 Å². The molecule has 34 heavy (non-hydrogen) atoms. The maximum Gasteiger partial charge on any atom is 0.263 e. The van der Waals surface area contributed by atoms with Crippen LogP contribution in [-0.4, -0.2) is 16.4 Å². The Kier molecular flexibility index (Phi) is 6.40. The van der Waals surface area contributed by atoms with Crippen LogP contribution in [0.15, 0.2) is 82.3 Å². The van der Waals surface area contributed by atoms with Gasteiger partial charge in [-0.25, -0.2) is 4.39 Å². The molecule has 4 rings (SSSR count). The van der Waals surface area contributed by atoms with E-state index in [0.29, 0.717) is 12.3 Å². The normalized spacial score (nSPS) is 10.7. The van der Waals surface area contributed by atoms with Crippen molar-refractivity contribution in [1.29, 1.82) is 0 Å². The molecule has 7 nitrogen and oxygen atoms in total. The molecular weight excluding hydrogens is 437 g/mol. The van der Waals surface area contributed by atoms with Crippen LogP contribution >= 0.6 is 0 Å². The summed E-state index contributed by atoms with van der Waals surface area (Å²) in [4.78, 5) is 38.1. The van der Waals surface area contributed by atoms with E-state index in [1.807, 2.05) is 31.2 Å². The fraction of sp³-hybridized carbons (Fsp3) is 0.115. The maximum atomic E-state index is 14.3. The molecule has 0 aliphatic carbocycles. The first-order chi connectivity index (χ1) is 16.3. The summed E-state index contributed by atoms with van der Waals surface area (Å²) in [6.07, 6.45) is 2.98. The van der Waals surface area contributed by atoms with Gasteiger partial charge in [0.25, 0.3) is 17.4 Å². The highest BCUT2D eigenvalue weighted by molar-refractivity contribution is 6.06. The Bertz CT molecular complexity index is 1440. The Hall–Kier alpha value is -4.46. The van der Waals surface area contributed by atoms with Gasteiger partial charge in [0, 0.05) is 11.9 Å². The van der Waals surface area contributed by atoms with Gasteiger partial charge in [-0.1, -0.05) is 29.8 Å². The molecule has 4 aromatic rings. The van der Waals surface area contributed by atoms with Crippen molar-refractivity contribution in [3.63, 3.8) is 0 Å². The molecule has 0 aliphatic rings. The second kappa shape index (κ2) is 9.58. The van der Waals surface area contributed by atoms with Crippen LogP contribution < -0.4 is 16.2 Å². The number of aromatic nitrogens is 1. The van der Waals surface area contributed by atoms with E-state index >= 15 is 0 Å². The molecule has 0 fully saturated rings. The van der Waals surface area contributed by atoms with E-state index in [1.54, 1.807) is 19.2 Å².